The van der Waals surface area contributed by atoms with Gasteiger partial charge in [0.05, 0.1) is 5.82 Å². The Morgan fingerprint density at radius 2 is 1.86 bits per heavy atom. The third kappa shape index (κ3) is 2.43. The Hall–Kier alpha value is -0.270. The first-order chi connectivity index (χ1) is 3.18. The molecule has 0 saturated carbocycles. The second-order valence-corrected chi connectivity index (χ2v) is 2.26. The zero-order valence-corrected chi connectivity index (χ0v) is 5.23. The van der Waals surface area contributed by atoms with E-state index in [0.717, 1.165) is 5.31 Å². The predicted octanol–water partition coefficient (Wildman–Crippen LogP) is -0.355. The lowest BCUT2D eigenvalue weighted by molar-refractivity contribution is 1.22. The van der Waals surface area contributed by atoms with Crippen LogP contribution in [0.25, 0.3) is 0 Å². The highest BCUT2D eigenvalue weighted by molar-refractivity contribution is 7.40. The van der Waals surface area contributed by atoms with Gasteiger partial charge in [-0.15, -0.1) is 0 Å². The van der Waals surface area contributed by atoms with Crippen LogP contribution in [0.2, 0.25) is 0 Å². The molecule has 0 radical (unpaired) electrons. The van der Waals surface area contributed by atoms with Crippen LogP contribution in [0, 0.1) is 0 Å². The van der Waals surface area contributed by atoms with Crippen LogP contribution in [0.15, 0.2) is 11.1 Å². The Kier molecular flexibility index (Phi) is 2.72. The largest absolute Gasteiger partial charge is 0.385 e. The summed E-state index contributed by atoms with van der Waals surface area (Å²) in [5, 5.41) is 0.875. The highest BCUT2D eigenvalue weighted by atomic mass is 31.1. The summed E-state index contributed by atoms with van der Waals surface area (Å²) in [6.45, 7) is 1.81. The van der Waals surface area contributed by atoms with Gasteiger partial charge in [-0.1, -0.05) is 0 Å². The Labute approximate surface area is 44.8 Å². The van der Waals surface area contributed by atoms with Gasteiger partial charge in [0.2, 0.25) is 0 Å². The molecule has 0 aliphatic carbocycles. The van der Waals surface area contributed by atoms with Crippen molar-refractivity contribution in [2.45, 2.75) is 6.92 Å². The van der Waals surface area contributed by atoms with Gasteiger partial charge in [-0.25, -0.2) is 0 Å². The average molecular weight is 119 g/mol. The maximum absolute atomic E-state index is 5.18. The van der Waals surface area contributed by atoms with Crippen LogP contribution in [0.3, 0.4) is 0 Å². The molecule has 0 rings (SSSR count). The van der Waals surface area contributed by atoms with E-state index in [-0.39, 0.29) is 8.73 Å². The van der Waals surface area contributed by atoms with Gasteiger partial charge < -0.3 is 17.0 Å². The molecule has 0 saturated heterocycles. The highest BCUT2D eigenvalue weighted by Crippen LogP contribution is 2.12. The normalized spacial score (nSPS) is 10.0. The number of hydrogen-bond acceptors (Lipinski definition) is 3. The molecule has 42 valence electrons. The van der Waals surface area contributed by atoms with Crippen molar-refractivity contribution in [1.82, 2.24) is 0 Å². The van der Waals surface area contributed by atoms with E-state index in [1.165, 1.54) is 0 Å². The summed E-state index contributed by atoms with van der Waals surface area (Å²) < 4.78 is 0. The average Bonchev–Trinajstić information content (AvgIpc) is 1.65. The minimum Gasteiger partial charge on any atom is -0.385 e. The number of rotatable bonds is 1. The van der Waals surface area contributed by atoms with E-state index in [0.29, 0.717) is 5.82 Å². The fourth-order valence-electron chi connectivity index (χ4n) is 0.0833. The summed E-state index contributed by atoms with van der Waals surface area (Å²) in [6, 6.07) is 0. The second kappa shape index (κ2) is 2.83. The maximum atomic E-state index is 5.18. The van der Waals surface area contributed by atoms with Crippen molar-refractivity contribution in [3.8, 4) is 0 Å². The lowest BCUT2D eigenvalue weighted by atomic mass is 10.6. The van der Waals surface area contributed by atoms with Crippen molar-refractivity contribution < 1.29 is 0 Å². The maximum Gasteiger partial charge on any atom is 0.0978 e. The van der Waals surface area contributed by atoms with Gasteiger partial charge in [0.25, 0.3) is 0 Å². The molecule has 0 aromatic heterocycles. The van der Waals surface area contributed by atoms with Crippen LogP contribution in [-0.2, 0) is 0 Å². The quantitative estimate of drug-likeness (QED) is 0.412. The molecule has 1 atom stereocenters. The Morgan fingerprint density at radius 3 is 1.86 bits per heavy atom. The fourth-order valence-corrected chi connectivity index (χ4v) is 0.250. The summed E-state index contributed by atoms with van der Waals surface area (Å²) in [6.07, 6.45) is 0. The lowest BCUT2D eigenvalue weighted by Gasteiger charge is -1.94. The first-order valence-corrected chi connectivity index (χ1v) is 2.94. The topological polar surface area (TPSA) is 78.1 Å². The van der Waals surface area contributed by atoms with Gasteiger partial charge in [0.1, 0.15) is 0 Å². The van der Waals surface area contributed by atoms with Crippen LogP contribution < -0.4 is 17.0 Å². The summed E-state index contributed by atoms with van der Waals surface area (Å²) >= 11 is 0. The fraction of sp³-hybridized carbons (Fsp3) is 0.333. The van der Waals surface area contributed by atoms with Gasteiger partial charge in [0.15, 0.2) is 0 Å². The minimum atomic E-state index is 0.242. The van der Waals surface area contributed by atoms with E-state index in [9.17, 15) is 0 Å². The molecule has 0 aliphatic rings. The molecule has 6 N–H and O–H groups in total. The van der Waals surface area contributed by atoms with Gasteiger partial charge in [-0.2, -0.15) is 0 Å². The summed E-state index contributed by atoms with van der Waals surface area (Å²) in [4.78, 5) is 0. The molecule has 0 amide bonds. The third-order valence-electron chi connectivity index (χ3n) is 0.650. The molecule has 0 heterocycles. The van der Waals surface area contributed by atoms with Crippen molar-refractivity contribution in [3.05, 3.63) is 11.1 Å². The number of allylic oxidation sites excluding steroid dienone is 1. The van der Waals surface area contributed by atoms with Crippen molar-refractivity contribution in [2.75, 3.05) is 0 Å². The Balaban J connectivity index is 3.72. The summed E-state index contributed by atoms with van der Waals surface area (Å²) in [5.74, 6) is 0.348. The van der Waals surface area contributed by atoms with Gasteiger partial charge in [0, 0.05) is 5.31 Å². The van der Waals surface area contributed by atoms with E-state index in [1.807, 2.05) is 6.92 Å². The number of nitrogens with two attached hydrogens (primary N) is 3. The van der Waals surface area contributed by atoms with Crippen LogP contribution >= 0.6 is 8.73 Å². The van der Waals surface area contributed by atoms with Gasteiger partial charge in [-0.05, 0) is 15.7 Å². The summed E-state index contributed by atoms with van der Waals surface area (Å²) in [7, 11) is 0.242. The Bertz CT molecular complexity index is 84.2. The van der Waals surface area contributed by atoms with Crippen LogP contribution in [0.5, 0.6) is 0 Å². The van der Waals surface area contributed by atoms with E-state index in [1.54, 1.807) is 0 Å². The van der Waals surface area contributed by atoms with Crippen LogP contribution in [0.4, 0.5) is 0 Å². The standard InChI is InChI=1S/C3H10N3P/c1-2(7-6)3(4)5/h7H,4-6H2,1H3. The van der Waals surface area contributed by atoms with Gasteiger partial charge in [-0.3, -0.25) is 0 Å². The molecule has 0 fully saturated rings. The molecule has 0 bridgehead atoms. The van der Waals surface area contributed by atoms with E-state index in [4.69, 9.17) is 17.0 Å². The van der Waals surface area contributed by atoms with E-state index >= 15 is 0 Å². The molecule has 0 aromatic rings. The van der Waals surface area contributed by atoms with E-state index in [2.05, 4.69) is 0 Å². The van der Waals surface area contributed by atoms with Crippen LogP contribution in [-0.4, -0.2) is 0 Å². The molecule has 1 unspecified atom stereocenters. The van der Waals surface area contributed by atoms with Crippen molar-refractivity contribution >= 4 is 8.73 Å². The second-order valence-electron chi connectivity index (χ2n) is 1.22. The molecular weight excluding hydrogens is 109 g/mol. The lowest BCUT2D eigenvalue weighted by Crippen LogP contribution is -2.09. The molecular formula is C3H10N3P. The smallest absolute Gasteiger partial charge is 0.0978 e. The van der Waals surface area contributed by atoms with Gasteiger partial charge >= 0.3 is 0 Å². The Morgan fingerprint density at radius 1 is 1.43 bits per heavy atom. The SMILES string of the molecule is CC(PN)=C(N)N. The molecule has 0 aliphatic heterocycles. The van der Waals surface area contributed by atoms with E-state index < -0.39 is 0 Å². The highest BCUT2D eigenvalue weighted by Gasteiger charge is 1.84. The molecule has 4 heteroatoms. The number of hydrogen-bond donors (Lipinski definition) is 3. The first-order valence-electron chi connectivity index (χ1n) is 1.87. The van der Waals surface area contributed by atoms with Crippen molar-refractivity contribution in [2.24, 2.45) is 17.0 Å². The minimum absolute atomic E-state index is 0.242. The molecule has 7 heavy (non-hydrogen) atoms. The monoisotopic (exact) mass is 119 g/mol. The zero-order chi connectivity index (χ0) is 5.86. The van der Waals surface area contributed by atoms with Crippen LogP contribution in [0.1, 0.15) is 6.92 Å². The van der Waals surface area contributed by atoms with Crippen molar-refractivity contribution in [1.29, 1.82) is 0 Å². The van der Waals surface area contributed by atoms with Crippen molar-refractivity contribution in [3.63, 3.8) is 0 Å². The first kappa shape index (κ1) is 6.73. The molecule has 0 aromatic carbocycles. The predicted molar refractivity (Wildman–Crippen MR) is 33.6 cm³/mol. The third-order valence-corrected chi connectivity index (χ3v) is 1.37. The molecule has 3 nitrogen and oxygen atoms in total. The zero-order valence-electron chi connectivity index (χ0n) is 4.23. The summed E-state index contributed by atoms with van der Waals surface area (Å²) in [5.41, 5.74) is 15.4. The molecule has 0 spiro atoms.